The summed E-state index contributed by atoms with van der Waals surface area (Å²) < 4.78 is 10.6. The monoisotopic (exact) mass is 329 g/mol. The van der Waals surface area contributed by atoms with Crippen LogP contribution in [0.1, 0.15) is 40.4 Å². The van der Waals surface area contributed by atoms with Crippen molar-refractivity contribution < 1.29 is 14.3 Å². The minimum Gasteiger partial charge on any atom is -0.454 e. The van der Waals surface area contributed by atoms with E-state index in [9.17, 15) is 4.79 Å². The van der Waals surface area contributed by atoms with E-state index in [4.69, 9.17) is 21.1 Å². The van der Waals surface area contributed by atoms with E-state index in [0.717, 1.165) is 19.3 Å². The first-order valence-electron chi connectivity index (χ1n) is 7.70. The second-order valence-corrected chi connectivity index (χ2v) is 6.22. The van der Waals surface area contributed by atoms with Crippen molar-refractivity contribution in [2.75, 3.05) is 6.79 Å². The first kappa shape index (κ1) is 14.4. The van der Waals surface area contributed by atoms with Crippen LogP contribution in [0.2, 0.25) is 5.02 Å². The van der Waals surface area contributed by atoms with Crippen molar-refractivity contribution in [1.29, 1.82) is 0 Å². The zero-order chi connectivity index (χ0) is 15.8. The molecule has 1 heterocycles. The molecule has 0 fully saturated rings. The van der Waals surface area contributed by atoms with Crippen LogP contribution in [0.25, 0.3) is 0 Å². The Morgan fingerprint density at radius 3 is 3.00 bits per heavy atom. The van der Waals surface area contributed by atoms with Crippen LogP contribution in [0.3, 0.4) is 0 Å². The fraction of sp³-hybridized carbons (Fsp3) is 0.278. The average molecular weight is 330 g/mol. The summed E-state index contributed by atoms with van der Waals surface area (Å²) in [6.45, 7) is 0.135. The van der Waals surface area contributed by atoms with Crippen molar-refractivity contribution in [3.63, 3.8) is 0 Å². The molecule has 1 atom stereocenters. The third kappa shape index (κ3) is 2.63. The number of amides is 1. The molecule has 0 saturated heterocycles. The molecular formula is C18H16ClNO3. The molecule has 0 radical (unpaired) electrons. The van der Waals surface area contributed by atoms with Gasteiger partial charge in [-0.05, 0) is 42.5 Å². The molecule has 118 valence electrons. The van der Waals surface area contributed by atoms with E-state index in [0.29, 0.717) is 22.1 Å². The van der Waals surface area contributed by atoms with Gasteiger partial charge in [-0.15, -0.1) is 0 Å². The number of hydrogen-bond donors (Lipinski definition) is 1. The predicted octanol–water partition coefficient (Wildman–Crippen LogP) is 3.88. The molecule has 23 heavy (non-hydrogen) atoms. The first-order chi connectivity index (χ1) is 11.2. The van der Waals surface area contributed by atoms with Crippen LogP contribution in [-0.4, -0.2) is 12.7 Å². The molecule has 0 bridgehead atoms. The van der Waals surface area contributed by atoms with Gasteiger partial charge in [0.2, 0.25) is 6.79 Å². The topological polar surface area (TPSA) is 47.6 Å². The fourth-order valence-corrected chi connectivity index (χ4v) is 3.51. The lowest BCUT2D eigenvalue weighted by molar-refractivity contribution is 0.0932. The number of hydrogen-bond acceptors (Lipinski definition) is 3. The normalized spacial score (nSPS) is 18.4. The summed E-state index contributed by atoms with van der Waals surface area (Å²) >= 11 is 6.16. The lowest BCUT2D eigenvalue weighted by Gasteiger charge is -2.26. The molecule has 2 aromatic rings. The van der Waals surface area contributed by atoms with Gasteiger partial charge < -0.3 is 14.8 Å². The maximum absolute atomic E-state index is 12.6. The molecule has 1 aliphatic carbocycles. The van der Waals surface area contributed by atoms with Gasteiger partial charge >= 0.3 is 0 Å². The molecule has 4 nitrogen and oxygen atoms in total. The van der Waals surface area contributed by atoms with Crippen molar-refractivity contribution in [1.82, 2.24) is 5.32 Å². The zero-order valence-electron chi connectivity index (χ0n) is 12.5. The lowest BCUT2D eigenvalue weighted by Crippen LogP contribution is -2.30. The van der Waals surface area contributed by atoms with Gasteiger partial charge in [0.15, 0.2) is 11.5 Å². The number of fused-ring (bicyclic) bond motifs is 2. The van der Waals surface area contributed by atoms with Gasteiger partial charge in [-0.2, -0.15) is 0 Å². The summed E-state index contributed by atoms with van der Waals surface area (Å²) in [5.41, 5.74) is 3.01. The van der Waals surface area contributed by atoms with E-state index in [1.54, 1.807) is 12.1 Å². The largest absolute Gasteiger partial charge is 0.454 e. The number of halogens is 1. The van der Waals surface area contributed by atoms with Gasteiger partial charge in [0.05, 0.1) is 11.1 Å². The smallest absolute Gasteiger partial charge is 0.251 e. The van der Waals surface area contributed by atoms with Crippen molar-refractivity contribution in [2.24, 2.45) is 0 Å². The van der Waals surface area contributed by atoms with Gasteiger partial charge in [0, 0.05) is 5.56 Å². The average Bonchev–Trinajstić information content (AvgIpc) is 3.04. The Hall–Kier alpha value is -2.20. The van der Waals surface area contributed by atoms with E-state index < -0.39 is 0 Å². The molecule has 1 N–H and O–H groups in total. The standard InChI is InChI=1S/C18H16ClNO3/c19-14-8-12(9-16-17(14)23-10-22-16)18(21)20-15-7-3-5-11-4-1-2-6-13(11)15/h1-2,4,6,8-9,15H,3,5,7,10H2,(H,20,21)/t15-/m0/s1. The van der Waals surface area contributed by atoms with E-state index >= 15 is 0 Å². The zero-order valence-corrected chi connectivity index (χ0v) is 13.2. The van der Waals surface area contributed by atoms with Crippen molar-refractivity contribution in [3.05, 3.63) is 58.1 Å². The van der Waals surface area contributed by atoms with Crippen LogP contribution >= 0.6 is 11.6 Å². The number of carbonyl (C=O) groups excluding carboxylic acids is 1. The van der Waals surface area contributed by atoms with Gasteiger partial charge in [-0.3, -0.25) is 4.79 Å². The van der Waals surface area contributed by atoms with Crippen LogP contribution in [0, 0.1) is 0 Å². The Bertz CT molecular complexity index is 775. The lowest BCUT2D eigenvalue weighted by atomic mass is 9.87. The Morgan fingerprint density at radius 2 is 2.09 bits per heavy atom. The van der Waals surface area contributed by atoms with Crippen molar-refractivity contribution >= 4 is 17.5 Å². The SMILES string of the molecule is O=C(N[C@H]1CCCc2ccccc21)c1cc(Cl)c2c(c1)OCO2. The van der Waals surface area contributed by atoms with E-state index in [1.807, 2.05) is 12.1 Å². The maximum atomic E-state index is 12.6. The summed E-state index contributed by atoms with van der Waals surface area (Å²) in [4.78, 5) is 12.6. The molecule has 5 heteroatoms. The Morgan fingerprint density at radius 1 is 1.22 bits per heavy atom. The third-order valence-corrected chi connectivity index (χ3v) is 4.64. The van der Waals surface area contributed by atoms with E-state index in [1.165, 1.54) is 11.1 Å². The van der Waals surface area contributed by atoms with E-state index in [2.05, 4.69) is 17.4 Å². The predicted molar refractivity (Wildman–Crippen MR) is 87.2 cm³/mol. The maximum Gasteiger partial charge on any atom is 0.251 e. The minimum atomic E-state index is -0.146. The van der Waals surface area contributed by atoms with Gasteiger partial charge in [0.25, 0.3) is 5.91 Å². The molecule has 2 aliphatic rings. The molecule has 2 aromatic carbocycles. The van der Waals surface area contributed by atoms with Crippen LogP contribution in [-0.2, 0) is 6.42 Å². The quantitative estimate of drug-likeness (QED) is 0.909. The summed E-state index contributed by atoms with van der Waals surface area (Å²) in [5, 5.41) is 3.51. The summed E-state index contributed by atoms with van der Waals surface area (Å²) in [6.07, 6.45) is 3.09. The molecule has 4 rings (SSSR count). The molecular weight excluding hydrogens is 314 g/mol. The molecule has 0 aromatic heterocycles. The number of carbonyl (C=O) groups is 1. The van der Waals surface area contributed by atoms with Gasteiger partial charge in [-0.1, -0.05) is 35.9 Å². The van der Waals surface area contributed by atoms with Crippen molar-refractivity contribution in [2.45, 2.75) is 25.3 Å². The molecule has 1 amide bonds. The second-order valence-electron chi connectivity index (χ2n) is 5.81. The molecule has 1 aliphatic heterocycles. The molecule has 0 spiro atoms. The highest BCUT2D eigenvalue weighted by molar-refractivity contribution is 6.32. The molecule has 0 saturated carbocycles. The minimum absolute atomic E-state index is 0.0386. The summed E-state index contributed by atoms with van der Waals surface area (Å²) in [7, 11) is 0. The second kappa shape index (κ2) is 5.78. The number of rotatable bonds is 2. The van der Waals surface area contributed by atoms with Crippen LogP contribution in [0.15, 0.2) is 36.4 Å². The Kier molecular flexibility index (Phi) is 3.62. The summed E-state index contributed by atoms with van der Waals surface area (Å²) in [5.74, 6) is 0.879. The van der Waals surface area contributed by atoms with Crippen LogP contribution < -0.4 is 14.8 Å². The third-order valence-electron chi connectivity index (χ3n) is 4.36. The highest BCUT2D eigenvalue weighted by Gasteiger charge is 2.24. The van der Waals surface area contributed by atoms with Crippen LogP contribution in [0.5, 0.6) is 11.5 Å². The number of nitrogens with one attached hydrogen (secondary N) is 1. The fourth-order valence-electron chi connectivity index (χ4n) is 3.24. The Labute approximate surface area is 139 Å². The number of benzene rings is 2. The van der Waals surface area contributed by atoms with Gasteiger partial charge in [0.1, 0.15) is 0 Å². The highest BCUT2D eigenvalue weighted by atomic mass is 35.5. The van der Waals surface area contributed by atoms with E-state index in [-0.39, 0.29) is 18.7 Å². The number of ether oxygens (including phenoxy) is 2. The number of aryl methyl sites for hydroxylation is 1. The van der Waals surface area contributed by atoms with Crippen molar-refractivity contribution in [3.8, 4) is 11.5 Å². The summed E-state index contributed by atoms with van der Waals surface area (Å²) in [6, 6.07) is 11.6. The first-order valence-corrected chi connectivity index (χ1v) is 8.08. The Balaban J connectivity index is 1.59. The highest BCUT2D eigenvalue weighted by Crippen LogP contribution is 2.40. The van der Waals surface area contributed by atoms with Crippen LogP contribution in [0.4, 0.5) is 0 Å². The molecule has 0 unspecified atom stereocenters. The van der Waals surface area contributed by atoms with Gasteiger partial charge in [-0.25, -0.2) is 0 Å².